The Morgan fingerprint density at radius 2 is 2.00 bits per heavy atom. The zero-order valence-corrected chi connectivity index (χ0v) is 10.7. The van der Waals surface area contributed by atoms with E-state index in [9.17, 15) is 0 Å². The van der Waals surface area contributed by atoms with Gasteiger partial charge in [0, 0.05) is 13.7 Å². The van der Waals surface area contributed by atoms with Gasteiger partial charge < -0.3 is 10.1 Å². The van der Waals surface area contributed by atoms with Crippen molar-refractivity contribution in [3.05, 3.63) is 34.9 Å². The monoisotopic (exact) mass is 221 g/mol. The second-order valence-corrected chi connectivity index (χ2v) is 4.21. The van der Waals surface area contributed by atoms with Gasteiger partial charge in [0.05, 0.1) is 6.61 Å². The molecule has 0 atom stereocenters. The standard InChI is InChI=1S/C14H23NO/c1-12-6-4-7-14(13(12)2)8-5-9-15-10-11-16-3/h4,6-7,15H,5,8-11H2,1-3H3. The highest BCUT2D eigenvalue weighted by Gasteiger charge is 1.99. The van der Waals surface area contributed by atoms with Crippen LogP contribution in [-0.2, 0) is 11.2 Å². The number of nitrogens with one attached hydrogen (secondary N) is 1. The highest BCUT2D eigenvalue weighted by atomic mass is 16.5. The Labute approximate surface area is 99.0 Å². The van der Waals surface area contributed by atoms with Crippen LogP contribution in [0.25, 0.3) is 0 Å². The molecule has 0 amide bonds. The lowest BCUT2D eigenvalue weighted by atomic mass is 10.00. The predicted octanol–water partition coefficient (Wildman–Crippen LogP) is 2.47. The normalized spacial score (nSPS) is 10.7. The van der Waals surface area contributed by atoms with Crippen molar-refractivity contribution in [3.63, 3.8) is 0 Å². The number of hydrogen-bond donors (Lipinski definition) is 1. The van der Waals surface area contributed by atoms with E-state index in [1.54, 1.807) is 7.11 Å². The highest BCUT2D eigenvalue weighted by molar-refractivity contribution is 5.33. The minimum absolute atomic E-state index is 0.795. The first-order chi connectivity index (χ1) is 7.75. The van der Waals surface area contributed by atoms with Gasteiger partial charge in [-0.3, -0.25) is 0 Å². The van der Waals surface area contributed by atoms with Gasteiger partial charge in [0.15, 0.2) is 0 Å². The van der Waals surface area contributed by atoms with Crippen molar-refractivity contribution in [1.82, 2.24) is 5.32 Å². The highest BCUT2D eigenvalue weighted by Crippen LogP contribution is 2.13. The zero-order chi connectivity index (χ0) is 11.8. The summed E-state index contributed by atoms with van der Waals surface area (Å²) in [7, 11) is 1.73. The zero-order valence-electron chi connectivity index (χ0n) is 10.7. The van der Waals surface area contributed by atoms with E-state index in [0.717, 1.165) is 26.1 Å². The average molecular weight is 221 g/mol. The lowest BCUT2D eigenvalue weighted by molar-refractivity contribution is 0.199. The smallest absolute Gasteiger partial charge is 0.0587 e. The van der Waals surface area contributed by atoms with Crippen LogP contribution in [-0.4, -0.2) is 26.8 Å². The molecule has 1 aromatic carbocycles. The van der Waals surface area contributed by atoms with Gasteiger partial charge in [-0.2, -0.15) is 0 Å². The molecule has 0 fully saturated rings. The average Bonchev–Trinajstić information content (AvgIpc) is 2.29. The number of ether oxygens (including phenoxy) is 1. The van der Waals surface area contributed by atoms with Crippen LogP contribution in [0.3, 0.4) is 0 Å². The number of rotatable bonds is 7. The first-order valence-corrected chi connectivity index (χ1v) is 6.00. The van der Waals surface area contributed by atoms with Gasteiger partial charge in [0.1, 0.15) is 0 Å². The molecule has 0 unspecified atom stereocenters. The summed E-state index contributed by atoms with van der Waals surface area (Å²) in [6, 6.07) is 6.56. The first-order valence-electron chi connectivity index (χ1n) is 6.00. The molecule has 16 heavy (non-hydrogen) atoms. The molecule has 0 saturated carbocycles. The van der Waals surface area contributed by atoms with E-state index in [4.69, 9.17) is 4.74 Å². The van der Waals surface area contributed by atoms with E-state index < -0.39 is 0 Å². The molecule has 0 saturated heterocycles. The second kappa shape index (κ2) is 7.42. The quantitative estimate of drug-likeness (QED) is 0.714. The molecule has 2 nitrogen and oxygen atoms in total. The molecule has 2 heteroatoms. The van der Waals surface area contributed by atoms with Crippen molar-refractivity contribution in [2.75, 3.05) is 26.8 Å². The van der Waals surface area contributed by atoms with E-state index in [1.165, 1.54) is 23.1 Å². The summed E-state index contributed by atoms with van der Waals surface area (Å²) in [5.74, 6) is 0. The van der Waals surface area contributed by atoms with Crippen LogP contribution in [0.1, 0.15) is 23.1 Å². The van der Waals surface area contributed by atoms with E-state index in [1.807, 2.05) is 0 Å². The van der Waals surface area contributed by atoms with Crippen molar-refractivity contribution >= 4 is 0 Å². The molecular weight excluding hydrogens is 198 g/mol. The molecule has 0 aliphatic carbocycles. The van der Waals surface area contributed by atoms with E-state index >= 15 is 0 Å². The maximum Gasteiger partial charge on any atom is 0.0587 e. The summed E-state index contributed by atoms with van der Waals surface area (Å²) in [5, 5.41) is 3.37. The molecule has 0 heterocycles. The minimum Gasteiger partial charge on any atom is -0.383 e. The topological polar surface area (TPSA) is 21.3 Å². The molecule has 0 aliphatic heterocycles. The van der Waals surface area contributed by atoms with Crippen molar-refractivity contribution < 1.29 is 4.74 Å². The van der Waals surface area contributed by atoms with Crippen LogP contribution in [0.4, 0.5) is 0 Å². The fourth-order valence-electron chi connectivity index (χ4n) is 1.79. The Morgan fingerprint density at radius 1 is 1.19 bits per heavy atom. The number of methoxy groups -OCH3 is 1. The third-order valence-electron chi connectivity index (χ3n) is 3.00. The van der Waals surface area contributed by atoms with Gasteiger partial charge in [0.25, 0.3) is 0 Å². The van der Waals surface area contributed by atoms with Crippen molar-refractivity contribution in [3.8, 4) is 0 Å². The van der Waals surface area contributed by atoms with Crippen LogP contribution in [0.2, 0.25) is 0 Å². The van der Waals surface area contributed by atoms with Gasteiger partial charge in [-0.05, 0) is 49.9 Å². The Morgan fingerprint density at radius 3 is 2.75 bits per heavy atom. The first kappa shape index (κ1) is 13.2. The van der Waals surface area contributed by atoms with Gasteiger partial charge in [-0.25, -0.2) is 0 Å². The molecule has 0 bridgehead atoms. The summed E-state index contributed by atoms with van der Waals surface area (Å²) in [5.41, 5.74) is 4.32. The minimum atomic E-state index is 0.795. The molecule has 0 aromatic heterocycles. The van der Waals surface area contributed by atoms with E-state index in [-0.39, 0.29) is 0 Å². The van der Waals surface area contributed by atoms with Gasteiger partial charge in [0.2, 0.25) is 0 Å². The largest absolute Gasteiger partial charge is 0.383 e. The maximum atomic E-state index is 4.98. The van der Waals surface area contributed by atoms with Gasteiger partial charge >= 0.3 is 0 Å². The van der Waals surface area contributed by atoms with E-state index in [2.05, 4.69) is 37.4 Å². The molecule has 1 aromatic rings. The molecule has 0 radical (unpaired) electrons. The molecule has 90 valence electrons. The SMILES string of the molecule is COCCNCCCc1cccc(C)c1C. The van der Waals surface area contributed by atoms with E-state index in [0.29, 0.717) is 0 Å². The third kappa shape index (κ3) is 4.33. The van der Waals surface area contributed by atoms with Crippen LogP contribution in [0.5, 0.6) is 0 Å². The Hall–Kier alpha value is -0.860. The van der Waals surface area contributed by atoms with Crippen LogP contribution >= 0.6 is 0 Å². The van der Waals surface area contributed by atoms with Crippen LogP contribution in [0.15, 0.2) is 18.2 Å². The van der Waals surface area contributed by atoms with Crippen molar-refractivity contribution in [1.29, 1.82) is 0 Å². The molecule has 1 rings (SSSR count). The number of hydrogen-bond acceptors (Lipinski definition) is 2. The maximum absolute atomic E-state index is 4.98. The summed E-state index contributed by atoms with van der Waals surface area (Å²) < 4.78 is 4.98. The van der Waals surface area contributed by atoms with Gasteiger partial charge in [-0.15, -0.1) is 0 Å². The van der Waals surface area contributed by atoms with Crippen LogP contribution < -0.4 is 5.32 Å². The Balaban J connectivity index is 2.24. The van der Waals surface area contributed by atoms with Gasteiger partial charge in [-0.1, -0.05) is 18.2 Å². The summed E-state index contributed by atoms with van der Waals surface area (Å²) >= 11 is 0. The second-order valence-electron chi connectivity index (χ2n) is 4.21. The number of benzene rings is 1. The Kier molecular flexibility index (Phi) is 6.12. The molecule has 1 N–H and O–H groups in total. The summed E-state index contributed by atoms with van der Waals surface area (Å²) in [4.78, 5) is 0. The summed E-state index contributed by atoms with van der Waals surface area (Å²) in [6.45, 7) is 7.20. The summed E-state index contributed by atoms with van der Waals surface area (Å²) in [6.07, 6.45) is 2.35. The Bertz CT molecular complexity index is 310. The fourth-order valence-corrected chi connectivity index (χ4v) is 1.79. The van der Waals surface area contributed by atoms with Crippen molar-refractivity contribution in [2.45, 2.75) is 26.7 Å². The van der Waals surface area contributed by atoms with Crippen molar-refractivity contribution in [2.24, 2.45) is 0 Å². The fraction of sp³-hybridized carbons (Fsp3) is 0.571. The lowest BCUT2D eigenvalue weighted by Gasteiger charge is -2.08. The third-order valence-corrected chi connectivity index (χ3v) is 3.00. The lowest BCUT2D eigenvalue weighted by Crippen LogP contribution is -2.20. The molecule has 0 spiro atoms. The molecular formula is C14H23NO. The molecule has 0 aliphatic rings. The van der Waals surface area contributed by atoms with Crippen LogP contribution in [0, 0.1) is 13.8 Å². The predicted molar refractivity (Wildman–Crippen MR) is 69.0 cm³/mol. The number of aryl methyl sites for hydroxylation is 2.